The van der Waals surface area contributed by atoms with Crippen molar-refractivity contribution in [2.75, 3.05) is 6.54 Å². The number of nitrogens with one attached hydrogen (secondary N) is 1. The lowest BCUT2D eigenvalue weighted by molar-refractivity contribution is 0.507. The smallest absolute Gasteiger partial charge is 0.0474 e. The summed E-state index contributed by atoms with van der Waals surface area (Å²) >= 11 is 0. The molecule has 1 aromatic rings. The third-order valence-electron chi connectivity index (χ3n) is 2.90. The summed E-state index contributed by atoms with van der Waals surface area (Å²) in [5.41, 5.74) is 1.43. The van der Waals surface area contributed by atoms with Gasteiger partial charge in [-0.3, -0.25) is 0 Å². The Morgan fingerprint density at radius 1 is 1.38 bits per heavy atom. The summed E-state index contributed by atoms with van der Waals surface area (Å²) in [6, 6.07) is 4.94. The minimum Gasteiger partial charge on any atom is -0.353 e. The molecule has 1 aromatic heterocycles. The summed E-state index contributed by atoms with van der Waals surface area (Å²) in [7, 11) is 2.13. The molecule has 0 spiro atoms. The first-order valence-electron chi connectivity index (χ1n) is 5.22. The largest absolute Gasteiger partial charge is 0.353 e. The molecule has 13 heavy (non-hydrogen) atoms. The minimum absolute atomic E-state index is 0.586. The lowest BCUT2D eigenvalue weighted by Gasteiger charge is -2.16. The molecular formula is C11H18N2. The van der Waals surface area contributed by atoms with E-state index in [1.807, 2.05) is 0 Å². The minimum atomic E-state index is 0.586. The first kappa shape index (κ1) is 8.82. The highest BCUT2D eigenvalue weighted by atomic mass is 15.0. The Labute approximate surface area is 79.9 Å². The van der Waals surface area contributed by atoms with E-state index in [0.29, 0.717) is 6.04 Å². The Hall–Kier alpha value is -0.760. The fourth-order valence-corrected chi connectivity index (χ4v) is 2.12. The van der Waals surface area contributed by atoms with Gasteiger partial charge in [-0.1, -0.05) is 12.8 Å². The second-order valence-electron chi connectivity index (χ2n) is 3.90. The Morgan fingerprint density at radius 2 is 2.31 bits per heavy atom. The Kier molecular flexibility index (Phi) is 2.69. The number of hydrogen-bond acceptors (Lipinski definition) is 1. The molecule has 2 nitrogen and oxygen atoms in total. The van der Waals surface area contributed by atoms with Gasteiger partial charge in [-0.15, -0.1) is 0 Å². The first-order valence-corrected chi connectivity index (χ1v) is 5.22. The maximum Gasteiger partial charge on any atom is 0.0474 e. The zero-order valence-corrected chi connectivity index (χ0v) is 8.29. The molecule has 0 radical (unpaired) electrons. The second kappa shape index (κ2) is 3.97. The molecule has 1 saturated heterocycles. The van der Waals surface area contributed by atoms with Crippen LogP contribution in [0.4, 0.5) is 0 Å². The van der Waals surface area contributed by atoms with Gasteiger partial charge in [-0.05, 0) is 31.5 Å². The van der Waals surface area contributed by atoms with E-state index in [1.54, 1.807) is 0 Å². The standard InChI is InChI=1S/C11H18N2/c1-13-9-5-7-11(13)10-6-3-2-4-8-12-10/h5,7,9-10,12H,2-4,6,8H2,1H3. The molecule has 1 fully saturated rings. The highest BCUT2D eigenvalue weighted by molar-refractivity contribution is 5.11. The van der Waals surface area contributed by atoms with Crippen LogP contribution < -0.4 is 5.32 Å². The number of nitrogens with zero attached hydrogens (tertiary/aromatic N) is 1. The molecule has 0 saturated carbocycles. The van der Waals surface area contributed by atoms with Gasteiger partial charge in [0.25, 0.3) is 0 Å². The SMILES string of the molecule is Cn1cccc1C1CCCCCN1. The van der Waals surface area contributed by atoms with E-state index in [0.717, 1.165) is 0 Å². The summed E-state index contributed by atoms with van der Waals surface area (Å²) in [4.78, 5) is 0. The van der Waals surface area contributed by atoms with Crippen molar-refractivity contribution in [3.05, 3.63) is 24.0 Å². The molecule has 2 rings (SSSR count). The summed E-state index contributed by atoms with van der Waals surface area (Å²) in [5, 5.41) is 3.60. The van der Waals surface area contributed by atoms with Crippen molar-refractivity contribution in [3.63, 3.8) is 0 Å². The van der Waals surface area contributed by atoms with Crippen molar-refractivity contribution in [3.8, 4) is 0 Å². The van der Waals surface area contributed by atoms with Gasteiger partial charge >= 0.3 is 0 Å². The van der Waals surface area contributed by atoms with Crippen LogP contribution in [0.2, 0.25) is 0 Å². The lowest BCUT2D eigenvalue weighted by Crippen LogP contribution is -2.22. The predicted octanol–water partition coefficient (Wildman–Crippen LogP) is 2.23. The first-order chi connectivity index (χ1) is 6.38. The van der Waals surface area contributed by atoms with Crippen molar-refractivity contribution in [1.82, 2.24) is 9.88 Å². The zero-order chi connectivity index (χ0) is 9.10. The average Bonchev–Trinajstić information content (AvgIpc) is 2.43. The highest BCUT2D eigenvalue weighted by Gasteiger charge is 2.14. The summed E-state index contributed by atoms with van der Waals surface area (Å²) in [6.45, 7) is 1.18. The van der Waals surface area contributed by atoms with Crippen LogP contribution in [0.5, 0.6) is 0 Å². The predicted molar refractivity (Wildman–Crippen MR) is 54.6 cm³/mol. The van der Waals surface area contributed by atoms with E-state index >= 15 is 0 Å². The van der Waals surface area contributed by atoms with Crippen LogP contribution in [-0.2, 0) is 7.05 Å². The third-order valence-corrected chi connectivity index (χ3v) is 2.90. The van der Waals surface area contributed by atoms with Crippen molar-refractivity contribution < 1.29 is 0 Å². The van der Waals surface area contributed by atoms with Crippen molar-refractivity contribution >= 4 is 0 Å². The quantitative estimate of drug-likeness (QED) is 0.697. The maximum atomic E-state index is 3.60. The summed E-state index contributed by atoms with van der Waals surface area (Å²) < 4.78 is 2.23. The molecule has 0 bridgehead atoms. The van der Waals surface area contributed by atoms with Crippen molar-refractivity contribution in [2.45, 2.75) is 31.7 Å². The van der Waals surface area contributed by atoms with Gasteiger partial charge in [-0.2, -0.15) is 0 Å². The zero-order valence-electron chi connectivity index (χ0n) is 8.29. The molecular weight excluding hydrogens is 160 g/mol. The molecule has 1 unspecified atom stereocenters. The summed E-state index contributed by atoms with van der Waals surface area (Å²) in [5.74, 6) is 0. The highest BCUT2D eigenvalue weighted by Crippen LogP contribution is 2.22. The van der Waals surface area contributed by atoms with Gasteiger partial charge in [0.05, 0.1) is 0 Å². The van der Waals surface area contributed by atoms with E-state index in [-0.39, 0.29) is 0 Å². The number of hydrogen-bond donors (Lipinski definition) is 1. The maximum absolute atomic E-state index is 3.60. The van der Waals surface area contributed by atoms with Crippen LogP contribution in [-0.4, -0.2) is 11.1 Å². The van der Waals surface area contributed by atoms with Crippen LogP contribution in [0.3, 0.4) is 0 Å². The van der Waals surface area contributed by atoms with E-state index in [2.05, 4.69) is 35.3 Å². The Morgan fingerprint density at radius 3 is 3.08 bits per heavy atom. The Bertz CT molecular complexity index is 257. The summed E-state index contributed by atoms with van der Waals surface area (Å²) in [6.07, 6.45) is 7.50. The molecule has 2 heterocycles. The van der Waals surface area contributed by atoms with E-state index in [4.69, 9.17) is 0 Å². The van der Waals surface area contributed by atoms with Gasteiger partial charge < -0.3 is 9.88 Å². The molecule has 0 aromatic carbocycles. The molecule has 1 atom stereocenters. The van der Waals surface area contributed by atoms with E-state index in [1.165, 1.54) is 37.9 Å². The van der Waals surface area contributed by atoms with Crippen molar-refractivity contribution in [2.24, 2.45) is 7.05 Å². The van der Waals surface area contributed by atoms with Crippen LogP contribution in [0.1, 0.15) is 37.4 Å². The fraction of sp³-hybridized carbons (Fsp3) is 0.636. The monoisotopic (exact) mass is 178 g/mol. The van der Waals surface area contributed by atoms with Gasteiger partial charge in [0.15, 0.2) is 0 Å². The fourth-order valence-electron chi connectivity index (χ4n) is 2.12. The van der Waals surface area contributed by atoms with Crippen LogP contribution in [0.15, 0.2) is 18.3 Å². The van der Waals surface area contributed by atoms with E-state index < -0.39 is 0 Å². The van der Waals surface area contributed by atoms with Gasteiger partial charge in [-0.25, -0.2) is 0 Å². The number of aryl methyl sites for hydroxylation is 1. The van der Waals surface area contributed by atoms with Crippen LogP contribution in [0, 0.1) is 0 Å². The molecule has 0 aliphatic carbocycles. The lowest BCUT2D eigenvalue weighted by atomic mass is 10.1. The van der Waals surface area contributed by atoms with Crippen LogP contribution in [0.25, 0.3) is 0 Å². The molecule has 2 heteroatoms. The molecule has 72 valence electrons. The van der Waals surface area contributed by atoms with Gasteiger partial charge in [0.1, 0.15) is 0 Å². The van der Waals surface area contributed by atoms with Gasteiger partial charge in [0.2, 0.25) is 0 Å². The molecule has 1 aliphatic heterocycles. The van der Waals surface area contributed by atoms with E-state index in [9.17, 15) is 0 Å². The second-order valence-corrected chi connectivity index (χ2v) is 3.90. The topological polar surface area (TPSA) is 17.0 Å². The van der Waals surface area contributed by atoms with Crippen LogP contribution >= 0.6 is 0 Å². The normalized spacial score (nSPS) is 24.2. The molecule has 1 N–H and O–H groups in total. The number of rotatable bonds is 1. The molecule has 1 aliphatic rings. The number of aromatic nitrogens is 1. The van der Waals surface area contributed by atoms with Crippen molar-refractivity contribution in [1.29, 1.82) is 0 Å². The van der Waals surface area contributed by atoms with Gasteiger partial charge in [0, 0.05) is 25.0 Å². The third kappa shape index (κ3) is 1.94. The molecule has 0 amide bonds. The average molecular weight is 178 g/mol. The Balaban J connectivity index is 2.10.